The molecular weight excluding hydrogens is 325 g/mol. The van der Waals surface area contributed by atoms with Crippen molar-refractivity contribution in [1.29, 1.82) is 0 Å². The number of aromatic amines is 1. The Morgan fingerprint density at radius 2 is 2.21 bits per heavy atom. The van der Waals surface area contributed by atoms with Gasteiger partial charge in [-0.05, 0) is 50.0 Å². The lowest BCUT2D eigenvalue weighted by Crippen LogP contribution is -2.33. The number of nitrogens with one attached hydrogen (secondary N) is 3. The van der Waals surface area contributed by atoms with Crippen LogP contribution in [-0.4, -0.2) is 29.8 Å². The second-order valence-corrected chi connectivity index (χ2v) is 5.77. The fourth-order valence-corrected chi connectivity index (χ4v) is 2.78. The van der Waals surface area contributed by atoms with Crippen molar-refractivity contribution in [2.45, 2.75) is 19.0 Å². The largest absolute Gasteiger partial charge is 0.434 e. The molecule has 0 amide bonds. The van der Waals surface area contributed by atoms with Crippen LogP contribution in [0.5, 0.6) is 0 Å². The maximum atomic E-state index is 13.2. The molecule has 1 atom stereocenters. The van der Waals surface area contributed by atoms with Crippen LogP contribution < -0.4 is 16.4 Å². The zero-order valence-electron chi connectivity index (χ0n) is 12.7. The van der Waals surface area contributed by atoms with Crippen molar-refractivity contribution >= 4 is 5.69 Å². The average Bonchev–Trinajstić information content (AvgIpc) is 2.99. The molecule has 130 valence electrons. The van der Waals surface area contributed by atoms with Gasteiger partial charge in [0.15, 0.2) is 0 Å². The van der Waals surface area contributed by atoms with E-state index in [9.17, 15) is 18.0 Å². The van der Waals surface area contributed by atoms with Crippen molar-refractivity contribution in [1.82, 2.24) is 15.5 Å². The van der Waals surface area contributed by atoms with Gasteiger partial charge in [-0.25, -0.2) is 9.89 Å². The number of alkyl halides is 3. The van der Waals surface area contributed by atoms with Gasteiger partial charge in [0.05, 0.1) is 5.56 Å². The van der Waals surface area contributed by atoms with Gasteiger partial charge in [-0.1, -0.05) is 0 Å². The van der Waals surface area contributed by atoms with Gasteiger partial charge in [0, 0.05) is 17.8 Å². The van der Waals surface area contributed by atoms with Crippen LogP contribution in [0, 0.1) is 5.92 Å². The average molecular weight is 342 g/mol. The zero-order valence-corrected chi connectivity index (χ0v) is 12.7. The zero-order chi connectivity index (χ0) is 17.2. The smallest absolute Gasteiger partial charge is 0.388 e. The van der Waals surface area contributed by atoms with Gasteiger partial charge in [0.1, 0.15) is 0 Å². The molecule has 1 saturated heterocycles. The van der Waals surface area contributed by atoms with Crippen molar-refractivity contribution in [3.05, 3.63) is 34.3 Å². The van der Waals surface area contributed by atoms with E-state index in [0.717, 1.165) is 32.0 Å². The molecule has 0 aliphatic carbocycles. The van der Waals surface area contributed by atoms with Gasteiger partial charge in [-0.3, -0.25) is 0 Å². The van der Waals surface area contributed by atoms with Gasteiger partial charge in [0.2, 0.25) is 5.89 Å². The molecule has 2 aromatic rings. The van der Waals surface area contributed by atoms with E-state index < -0.39 is 17.5 Å². The molecule has 0 bridgehead atoms. The van der Waals surface area contributed by atoms with E-state index in [2.05, 4.69) is 20.8 Å². The highest BCUT2D eigenvalue weighted by Crippen LogP contribution is 2.37. The molecule has 2 heterocycles. The van der Waals surface area contributed by atoms with E-state index >= 15 is 0 Å². The number of rotatable bonds is 4. The maximum Gasteiger partial charge on any atom is 0.434 e. The van der Waals surface area contributed by atoms with Crippen LogP contribution in [0.25, 0.3) is 11.5 Å². The first-order chi connectivity index (χ1) is 11.4. The van der Waals surface area contributed by atoms with Gasteiger partial charge in [0.25, 0.3) is 0 Å². The van der Waals surface area contributed by atoms with E-state index in [1.165, 1.54) is 12.1 Å². The number of piperidine rings is 1. The Balaban J connectivity index is 1.86. The lowest BCUT2D eigenvalue weighted by atomic mass is 9.99. The number of H-pyrrole nitrogens is 1. The summed E-state index contributed by atoms with van der Waals surface area (Å²) in [6.45, 7) is 2.16. The van der Waals surface area contributed by atoms with Crippen LogP contribution in [0.1, 0.15) is 18.4 Å². The summed E-state index contributed by atoms with van der Waals surface area (Å²) in [5.41, 5.74) is -0.505. The summed E-state index contributed by atoms with van der Waals surface area (Å²) in [4.78, 5) is 11.0. The van der Waals surface area contributed by atoms with E-state index in [1.807, 2.05) is 0 Å². The van der Waals surface area contributed by atoms with E-state index in [0.29, 0.717) is 12.1 Å². The quantitative estimate of drug-likeness (QED) is 0.795. The molecule has 0 spiro atoms. The topological polar surface area (TPSA) is 83.0 Å². The highest BCUT2D eigenvalue weighted by Gasteiger charge is 2.34. The van der Waals surface area contributed by atoms with Crippen molar-refractivity contribution < 1.29 is 17.6 Å². The number of hydrogen-bond donors (Lipinski definition) is 3. The van der Waals surface area contributed by atoms with Crippen LogP contribution >= 0.6 is 0 Å². The van der Waals surface area contributed by atoms with Crippen molar-refractivity contribution in [3.8, 4) is 11.5 Å². The van der Waals surface area contributed by atoms with Gasteiger partial charge in [-0.15, -0.1) is 5.10 Å². The second kappa shape index (κ2) is 6.68. The molecule has 0 radical (unpaired) electrons. The summed E-state index contributed by atoms with van der Waals surface area (Å²) in [5.74, 6) is -0.532. The van der Waals surface area contributed by atoms with Gasteiger partial charge >= 0.3 is 11.9 Å². The third-order valence-electron chi connectivity index (χ3n) is 3.99. The number of benzene rings is 1. The first-order valence-electron chi connectivity index (χ1n) is 7.65. The van der Waals surface area contributed by atoms with Gasteiger partial charge in [-0.2, -0.15) is 13.2 Å². The molecule has 6 nitrogen and oxygen atoms in total. The predicted octanol–water partition coefficient (Wildman–Crippen LogP) is 2.46. The van der Waals surface area contributed by atoms with Crippen LogP contribution in [0.4, 0.5) is 18.9 Å². The third-order valence-corrected chi connectivity index (χ3v) is 3.99. The summed E-state index contributed by atoms with van der Waals surface area (Å²) >= 11 is 0. The number of nitrogens with zero attached hydrogens (tertiary/aromatic N) is 1. The fraction of sp³-hybridized carbons (Fsp3) is 0.467. The van der Waals surface area contributed by atoms with E-state index in [4.69, 9.17) is 4.42 Å². The van der Waals surface area contributed by atoms with E-state index in [-0.39, 0.29) is 17.5 Å². The molecule has 3 rings (SSSR count). The van der Waals surface area contributed by atoms with Crippen LogP contribution in [0.3, 0.4) is 0 Å². The van der Waals surface area contributed by atoms with Crippen LogP contribution in [0.15, 0.2) is 27.4 Å². The first kappa shape index (κ1) is 16.6. The molecule has 0 saturated carbocycles. The summed E-state index contributed by atoms with van der Waals surface area (Å²) < 4.78 is 44.4. The van der Waals surface area contributed by atoms with Crippen molar-refractivity contribution in [3.63, 3.8) is 0 Å². The Bertz CT molecular complexity index is 748. The lowest BCUT2D eigenvalue weighted by molar-refractivity contribution is -0.136. The Kier molecular flexibility index (Phi) is 4.61. The molecule has 0 unspecified atom stereocenters. The number of hydrogen-bond acceptors (Lipinski definition) is 5. The summed E-state index contributed by atoms with van der Waals surface area (Å²) in [5, 5.41) is 11.9. The molecule has 1 aromatic carbocycles. The Hall–Kier alpha value is -2.29. The van der Waals surface area contributed by atoms with Crippen LogP contribution in [-0.2, 0) is 6.18 Å². The molecule has 1 aliphatic heterocycles. The second-order valence-electron chi connectivity index (χ2n) is 5.77. The summed E-state index contributed by atoms with van der Waals surface area (Å²) in [6.07, 6.45) is -2.50. The fourth-order valence-electron chi connectivity index (χ4n) is 2.78. The maximum absolute atomic E-state index is 13.2. The molecule has 1 aliphatic rings. The summed E-state index contributed by atoms with van der Waals surface area (Å²) in [6, 6.07) is 3.50. The Labute approximate surface area is 135 Å². The van der Waals surface area contributed by atoms with E-state index in [1.54, 1.807) is 0 Å². The predicted molar refractivity (Wildman–Crippen MR) is 81.6 cm³/mol. The number of anilines is 1. The molecule has 24 heavy (non-hydrogen) atoms. The first-order valence-corrected chi connectivity index (χ1v) is 7.65. The van der Waals surface area contributed by atoms with Crippen molar-refractivity contribution in [2.75, 3.05) is 25.0 Å². The molecule has 9 heteroatoms. The molecule has 1 fully saturated rings. The summed E-state index contributed by atoms with van der Waals surface area (Å²) in [7, 11) is 0. The minimum Gasteiger partial charge on any atom is -0.388 e. The normalized spacial score (nSPS) is 18.5. The highest BCUT2D eigenvalue weighted by molar-refractivity contribution is 5.65. The molecular formula is C15H17F3N4O2. The minimum absolute atomic E-state index is 0.0452. The SMILES string of the molecule is O=c1[nH]nc(-c2ccc(C(F)(F)F)c(NC[C@H]3CCCNC3)c2)o1. The number of aromatic nitrogens is 2. The lowest BCUT2D eigenvalue weighted by Gasteiger charge is -2.24. The monoisotopic (exact) mass is 342 g/mol. The Morgan fingerprint density at radius 1 is 1.38 bits per heavy atom. The highest BCUT2D eigenvalue weighted by atomic mass is 19.4. The third kappa shape index (κ3) is 3.78. The molecule has 3 N–H and O–H groups in total. The van der Waals surface area contributed by atoms with Gasteiger partial charge < -0.3 is 15.1 Å². The number of halogens is 3. The van der Waals surface area contributed by atoms with Crippen molar-refractivity contribution in [2.24, 2.45) is 5.92 Å². The van der Waals surface area contributed by atoms with Crippen LogP contribution in [0.2, 0.25) is 0 Å². The standard InChI is InChI=1S/C15H17F3N4O2/c16-15(17,18)11-4-3-10(13-21-22-14(23)24-13)6-12(11)20-8-9-2-1-5-19-7-9/h3-4,6,9,19-20H,1-2,5,7-8H2,(H,22,23)/t9-/m0/s1. The minimum atomic E-state index is -4.47. The Morgan fingerprint density at radius 3 is 2.83 bits per heavy atom. The molecule has 1 aromatic heterocycles.